The number of aliphatic hydroxyl groups is 1. The van der Waals surface area contributed by atoms with Crippen LogP contribution in [-0.4, -0.2) is 29.5 Å². The van der Waals surface area contributed by atoms with Gasteiger partial charge < -0.3 is 5.11 Å². The maximum Gasteiger partial charge on any atom is 0.0472 e. The maximum absolute atomic E-state index is 8.65. The summed E-state index contributed by atoms with van der Waals surface area (Å²) in [6.07, 6.45) is 1.15. The van der Waals surface area contributed by atoms with Gasteiger partial charge in [-0.1, -0.05) is 23.2 Å². The molecule has 0 aromatic heterocycles. The van der Waals surface area contributed by atoms with E-state index in [4.69, 9.17) is 5.11 Å². The average Bonchev–Trinajstić information content (AvgIpc) is 2.40. The Balaban J connectivity index is 0.000000371. The van der Waals surface area contributed by atoms with E-state index in [1.54, 1.807) is 0 Å². The van der Waals surface area contributed by atoms with Crippen molar-refractivity contribution in [1.29, 1.82) is 0 Å². The van der Waals surface area contributed by atoms with Gasteiger partial charge >= 0.3 is 0 Å². The fourth-order valence-electron chi connectivity index (χ4n) is 1.01. The first-order valence-corrected chi connectivity index (χ1v) is 4.45. The topological polar surface area (TPSA) is 23.5 Å². The molecule has 0 aromatic carbocycles. The Labute approximate surface area is 65.9 Å². The third kappa shape index (κ3) is 3.50. The fraction of sp³-hybridized carbons (Fsp3) is 1.00. The van der Waals surface area contributed by atoms with E-state index in [2.05, 4.69) is 14.1 Å². The molecule has 2 nitrogen and oxygen atoms in total. The van der Waals surface area contributed by atoms with Crippen molar-refractivity contribution in [2.45, 2.75) is 20.3 Å². The molecule has 1 heterocycles. The van der Waals surface area contributed by atoms with Gasteiger partial charge in [-0.2, -0.15) is 0 Å². The van der Waals surface area contributed by atoms with Crippen molar-refractivity contribution in [2.75, 3.05) is 19.7 Å². The number of aliphatic hydroxyl groups excluding tert-OH is 1. The van der Waals surface area contributed by atoms with Crippen LogP contribution in [-0.2, 0) is 0 Å². The third-order valence-electron chi connectivity index (χ3n) is 1.58. The summed E-state index contributed by atoms with van der Waals surface area (Å²) < 4.78 is 2.17. The van der Waals surface area contributed by atoms with Gasteiger partial charge in [0.05, 0.1) is 0 Å². The zero-order valence-corrected chi connectivity index (χ0v) is 8.03. The first kappa shape index (κ1) is 10.3. The fourth-order valence-corrected chi connectivity index (χ4v) is 1.46. The van der Waals surface area contributed by atoms with E-state index in [9.17, 15) is 0 Å². The average molecular weight is 163 g/mol. The van der Waals surface area contributed by atoms with Crippen LogP contribution < -0.4 is 0 Å². The van der Waals surface area contributed by atoms with E-state index >= 15 is 0 Å². The van der Waals surface area contributed by atoms with E-state index in [-0.39, 0.29) is 0 Å². The lowest BCUT2D eigenvalue weighted by Crippen LogP contribution is -2.09. The molecule has 1 fully saturated rings. The molecule has 1 aliphatic rings. The van der Waals surface area contributed by atoms with Crippen molar-refractivity contribution in [3.63, 3.8) is 0 Å². The molecule has 1 N–H and O–H groups in total. The molecule has 1 rings (SSSR count). The summed E-state index contributed by atoms with van der Waals surface area (Å²) in [6.45, 7) is 6.52. The van der Waals surface area contributed by atoms with Gasteiger partial charge in [0.1, 0.15) is 0 Å². The molecule has 0 aliphatic carbocycles. The molecule has 1 saturated heterocycles. The molecule has 0 radical (unpaired) electrons. The second kappa shape index (κ2) is 6.09. The van der Waals surface area contributed by atoms with Gasteiger partial charge in [0.2, 0.25) is 0 Å². The summed E-state index contributed by atoms with van der Waals surface area (Å²) in [6, 6.07) is 0. The molecule has 0 aromatic rings. The molecule has 1 aliphatic heterocycles. The summed E-state index contributed by atoms with van der Waals surface area (Å²) in [7, 11) is 2.65. The lowest BCUT2D eigenvalue weighted by Gasteiger charge is -2.05. The smallest absolute Gasteiger partial charge is 0.0472 e. The molecule has 0 saturated carbocycles. The van der Waals surface area contributed by atoms with Crippen LogP contribution in [0.5, 0.6) is 0 Å². The second-order valence-electron chi connectivity index (χ2n) is 2.33. The van der Waals surface area contributed by atoms with Gasteiger partial charge in [-0.15, -0.1) is 0 Å². The van der Waals surface area contributed by atoms with Gasteiger partial charge in [-0.25, -0.2) is 0 Å². The molecule has 1 unspecified atom stereocenters. The van der Waals surface area contributed by atoms with Crippen molar-refractivity contribution in [1.82, 2.24) is 4.67 Å². The minimum absolute atomic E-state index is 0.352. The number of hydrogen-bond acceptors (Lipinski definition) is 2. The third-order valence-corrected chi connectivity index (χ3v) is 2.04. The van der Waals surface area contributed by atoms with Crippen LogP contribution in [0.25, 0.3) is 0 Å². The Hall–Kier alpha value is 0.350. The van der Waals surface area contributed by atoms with Gasteiger partial charge in [0, 0.05) is 19.7 Å². The van der Waals surface area contributed by atoms with E-state index < -0.39 is 0 Å². The Morgan fingerprint density at radius 1 is 1.60 bits per heavy atom. The molecule has 0 amide bonds. The second-order valence-corrected chi connectivity index (χ2v) is 3.06. The zero-order chi connectivity index (χ0) is 7.98. The lowest BCUT2D eigenvalue weighted by atomic mass is 10.1. The summed E-state index contributed by atoms with van der Waals surface area (Å²) in [5.41, 5.74) is 0. The summed E-state index contributed by atoms with van der Waals surface area (Å²) in [5.74, 6) is 0.535. The Morgan fingerprint density at radius 3 is 2.40 bits per heavy atom. The van der Waals surface area contributed by atoms with Gasteiger partial charge in [0.15, 0.2) is 0 Å². The van der Waals surface area contributed by atoms with Crippen LogP contribution in [0.4, 0.5) is 0 Å². The van der Waals surface area contributed by atoms with E-state index in [0.717, 1.165) is 19.5 Å². The van der Waals surface area contributed by atoms with Crippen LogP contribution in [0.3, 0.4) is 0 Å². The minimum atomic E-state index is 0.352. The SMILES string of the molecule is CC.OC[C@H]1CCN(P)C1. The largest absolute Gasteiger partial charge is 0.396 e. The summed E-state index contributed by atoms with van der Waals surface area (Å²) >= 11 is 0. The molecule has 0 bridgehead atoms. The number of hydrogen-bond donors (Lipinski definition) is 1. The van der Waals surface area contributed by atoms with Crippen molar-refractivity contribution in [3.8, 4) is 0 Å². The van der Waals surface area contributed by atoms with Crippen molar-refractivity contribution < 1.29 is 5.11 Å². The molecule has 0 spiro atoms. The molecular weight excluding hydrogens is 145 g/mol. The highest BCUT2D eigenvalue weighted by Crippen LogP contribution is 2.17. The van der Waals surface area contributed by atoms with Crippen molar-refractivity contribution >= 4 is 9.39 Å². The minimum Gasteiger partial charge on any atom is -0.396 e. The predicted octanol–water partition coefficient (Wildman–Crippen LogP) is 1.12. The van der Waals surface area contributed by atoms with Crippen LogP contribution in [0.15, 0.2) is 0 Å². The molecule has 10 heavy (non-hydrogen) atoms. The van der Waals surface area contributed by atoms with Gasteiger partial charge in [-0.05, 0) is 12.3 Å². The molecule has 3 heteroatoms. The van der Waals surface area contributed by atoms with E-state index in [0.29, 0.717) is 12.5 Å². The first-order valence-electron chi connectivity index (χ1n) is 3.93. The lowest BCUT2D eigenvalue weighted by molar-refractivity contribution is 0.234. The van der Waals surface area contributed by atoms with Crippen LogP contribution in [0, 0.1) is 5.92 Å². The quantitative estimate of drug-likeness (QED) is 0.585. The highest BCUT2D eigenvalue weighted by molar-refractivity contribution is 7.13. The number of nitrogens with zero attached hydrogens (tertiary/aromatic N) is 1. The predicted molar refractivity (Wildman–Crippen MR) is 47.8 cm³/mol. The van der Waals surface area contributed by atoms with Gasteiger partial charge in [-0.3, -0.25) is 4.67 Å². The zero-order valence-electron chi connectivity index (χ0n) is 6.88. The highest BCUT2D eigenvalue weighted by atomic mass is 31.0. The van der Waals surface area contributed by atoms with E-state index in [1.807, 2.05) is 13.8 Å². The highest BCUT2D eigenvalue weighted by Gasteiger charge is 2.17. The van der Waals surface area contributed by atoms with Gasteiger partial charge in [0.25, 0.3) is 0 Å². The number of rotatable bonds is 1. The molecule has 2 atom stereocenters. The monoisotopic (exact) mass is 163 g/mol. The maximum atomic E-state index is 8.65. The Kier molecular flexibility index (Phi) is 6.30. The normalized spacial score (nSPS) is 25.8. The molecular formula is C7H18NOP. The van der Waals surface area contributed by atoms with Crippen molar-refractivity contribution in [3.05, 3.63) is 0 Å². The Morgan fingerprint density at radius 2 is 2.20 bits per heavy atom. The summed E-state index contributed by atoms with van der Waals surface area (Å²) in [5, 5.41) is 8.65. The van der Waals surface area contributed by atoms with Crippen molar-refractivity contribution in [2.24, 2.45) is 5.92 Å². The standard InChI is InChI=1S/C5H12NOP.C2H6/c7-4-5-1-2-6(8)3-5;1-2/h5,7H,1-4,8H2;1-2H3/t5-;/m0./s1. The summed E-state index contributed by atoms with van der Waals surface area (Å²) in [4.78, 5) is 0. The van der Waals surface area contributed by atoms with Crippen LogP contribution >= 0.6 is 9.39 Å². The first-order chi connectivity index (χ1) is 4.83. The molecule has 62 valence electrons. The Bertz CT molecular complexity index is 80.0. The van der Waals surface area contributed by atoms with E-state index in [1.165, 1.54) is 0 Å². The van der Waals surface area contributed by atoms with Crippen LogP contribution in [0.2, 0.25) is 0 Å². The van der Waals surface area contributed by atoms with Crippen LogP contribution in [0.1, 0.15) is 20.3 Å².